The number of hydrogen-bond donors (Lipinski definition) is 2. The molecule has 0 saturated carbocycles. The van der Waals surface area contributed by atoms with Gasteiger partial charge in [-0.2, -0.15) is 0 Å². The maximum absolute atomic E-state index is 13.7. The molecule has 33 heavy (non-hydrogen) atoms. The standard InChI is InChI=1S/C22H18ClNO8S/c1-32-22(29)19-17-14(18(20(25)26)21(27)28)8-7-11-9-12(23)10-15(16(11)17)24(19)33(30,31)13-5-3-2-4-6-13/h2-6,9-10,14,18H,7-8H2,1H3,(H,25,26)(H,27,28). The zero-order valence-electron chi connectivity index (χ0n) is 17.2. The van der Waals surface area contributed by atoms with Crippen LogP contribution in [0, 0.1) is 5.92 Å². The molecule has 1 aliphatic carbocycles. The highest BCUT2D eigenvalue weighted by Crippen LogP contribution is 2.46. The van der Waals surface area contributed by atoms with Gasteiger partial charge in [-0.3, -0.25) is 9.59 Å². The molecule has 0 saturated heterocycles. The molecule has 0 spiro atoms. The zero-order chi connectivity index (χ0) is 24.1. The van der Waals surface area contributed by atoms with E-state index in [0.29, 0.717) is 10.9 Å². The summed E-state index contributed by atoms with van der Waals surface area (Å²) in [5, 5.41) is 19.8. The van der Waals surface area contributed by atoms with Gasteiger partial charge in [0.2, 0.25) is 0 Å². The Morgan fingerprint density at radius 2 is 1.76 bits per heavy atom. The predicted octanol–water partition coefficient (Wildman–Crippen LogP) is 3.13. The molecule has 0 aliphatic heterocycles. The fraction of sp³-hybridized carbons (Fsp3) is 0.227. The van der Waals surface area contributed by atoms with Gasteiger partial charge in [-0.15, -0.1) is 0 Å². The van der Waals surface area contributed by atoms with E-state index >= 15 is 0 Å². The minimum atomic E-state index is -4.37. The second-order valence-corrected chi connectivity index (χ2v) is 9.82. The van der Waals surface area contributed by atoms with Gasteiger partial charge in [-0.25, -0.2) is 17.2 Å². The number of carbonyl (C=O) groups excluding carboxylic acids is 1. The number of esters is 1. The van der Waals surface area contributed by atoms with Gasteiger partial charge in [0.05, 0.1) is 17.5 Å². The summed E-state index contributed by atoms with van der Waals surface area (Å²) in [6.07, 6.45) is 0.312. The summed E-state index contributed by atoms with van der Waals surface area (Å²) in [6.45, 7) is 0. The normalized spacial score (nSPS) is 15.5. The van der Waals surface area contributed by atoms with Crippen molar-refractivity contribution in [1.29, 1.82) is 0 Å². The summed E-state index contributed by atoms with van der Waals surface area (Å²) < 4.78 is 33.0. The van der Waals surface area contributed by atoms with Crippen molar-refractivity contribution in [2.45, 2.75) is 23.7 Å². The summed E-state index contributed by atoms with van der Waals surface area (Å²) in [7, 11) is -3.31. The quantitative estimate of drug-likeness (QED) is 0.396. The fourth-order valence-electron chi connectivity index (χ4n) is 4.50. The minimum Gasteiger partial charge on any atom is -0.481 e. The lowest BCUT2D eigenvalue weighted by Crippen LogP contribution is -2.32. The van der Waals surface area contributed by atoms with Gasteiger partial charge in [-0.05, 0) is 48.2 Å². The molecule has 1 unspecified atom stereocenters. The second kappa shape index (κ2) is 8.20. The third-order valence-corrected chi connectivity index (χ3v) is 7.75. The first-order chi connectivity index (χ1) is 15.6. The Balaban J connectivity index is 2.19. The van der Waals surface area contributed by atoms with E-state index in [1.165, 1.54) is 30.3 Å². The van der Waals surface area contributed by atoms with Gasteiger partial charge in [-0.1, -0.05) is 29.8 Å². The van der Waals surface area contributed by atoms with Crippen molar-refractivity contribution in [2.24, 2.45) is 5.92 Å². The summed E-state index contributed by atoms with van der Waals surface area (Å²) in [5.41, 5.74) is 0.225. The number of methoxy groups -OCH3 is 1. The first-order valence-electron chi connectivity index (χ1n) is 9.80. The first-order valence-corrected chi connectivity index (χ1v) is 11.6. The van der Waals surface area contributed by atoms with E-state index in [2.05, 4.69) is 0 Å². The minimum absolute atomic E-state index is 0.0177. The first kappa shape index (κ1) is 22.8. The summed E-state index contributed by atoms with van der Waals surface area (Å²) >= 11 is 6.26. The van der Waals surface area contributed by atoms with Crippen LogP contribution in [0.25, 0.3) is 10.9 Å². The lowest BCUT2D eigenvalue weighted by atomic mass is 9.76. The van der Waals surface area contributed by atoms with Crippen LogP contribution in [0.4, 0.5) is 0 Å². The molecule has 11 heteroatoms. The van der Waals surface area contributed by atoms with Crippen molar-refractivity contribution in [3.05, 3.63) is 64.3 Å². The van der Waals surface area contributed by atoms with E-state index in [4.69, 9.17) is 16.3 Å². The fourth-order valence-corrected chi connectivity index (χ4v) is 6.26. The number of halogens is 1. The number of nitrogens with zero attached hydrogens (tertiary/aromatic N) is 1. The summed E-state index contributed by atoms with van der Waals surface area (Å²) in [5.74, 6) is -7.28. The largest absolute Gasteiger partial charge is 0.481 e. The number of carboxylic acids is 2. The Hall–Kier alpha value is -3.37. The summed E-state index contributed by atoms with van der Waals surface area (Å²) in [4.78, 5) is 36.5. The lowest BCUT2D eigenvalue weighted by molar-refractivity contribution is -0.155. The number of ether oxygens (including phenoxy) is 1. The molecule has 1 heterocycles. The van der Waals surface area contributed by atoms with Gasteiger partial charge in [0.15, 0.2) is 5.92 Å². The number of carbonyl (C=O) groups is 3. The molecule has 172 valence electrons. The lowest BCUT2D eigenvalue weighted by Gasteiger charge is -2.26. The highest BCUT2D eigenvalue weighted by atomic mass is 35.5. The van der Waals surface area contributed by atoms with Crippen LogP contribution in [0.2, 0.25) is 5.02 Å². The van der Waals surface area contributed by atoms with Gasteiger partial charge >= 0.3 is 17.9 Å². The highest BCUT2D eigenvalue weighted by Gasteiger charge is 2.44. The Kier molecular flexibility index (Phi) is 5.67. The third kappa shape index (κ3) is 3.55. The van der Waals surface area contributed by atoms with Crippen molar-refractivity contribution < 1.29 is 37.8 Å². The molecule has 0 bridgehead atoms. The molecule has 0 amide bonds. The third-order valence-electron chi connectivity index (χ3n) is 5.80. The number of hydrogen-bond acceptors (Lipinski definition) is 6. The van der Waals surface area contributed by atoms with E-state index in [-0.39, 0.29) is 33.8 Å². The Bertz CT molecular complexity index is 1400. The van der Waals surface area contributed by atoms with Crippen LogP contribution in [-0.2, 0) is 30.8 Å². The molecule has 9 nitrogen and oxygen atoms in total. The van der Waals surface area contributed by atoms with Gasteiger partial charge in [0.1, 0.15) is 5.69 Å². The van der Waals surface area contributed by atoms with Crippen LogP contribution >= 0.6 is 11.6 Å². The van der Waals surface area contributed by atoms with Crippen LogP contribution in [0.5, 0.6) is 0 Å². The number of benzene rings is 2. The molecule has 1 atom stereocenters. The van der Waals surface area contributed by atoms with Crippen LogP contribution < -0.4 is 0 Å². The van der Waals surface area contributed by atoms with Crippen molar-refractivity contribution in [2.75, 3.05) is 7.11 Å². The van der Waals surface area contributed by atoms with E-state index in [1.54, 1.807) is 12.1 Å². The number of aromatic nitrogens is 1. The summed E-state index contributed by atoms with van der Waals surface area (Å²) in [6, 6.07) is 10.3. The number of aliphatic carboxylic acids is 2. The molecule has 2 N–H and O–H groups in total. The van der Waals surface area contributed by atoms with Crippen molar-refractivity contribution in [3.8, 4) is 0 Å². The van der Waals surface area contributed by atoms with Crippen LogP contribution in [0.3, 0.4) is 0 Å². The van der Waals surface area contributed by atoms with Crippen molar-refractivity contribution in [3.63, 3.8) is 0 Å². The van der Waals surface area contributed by atoms with Gasteiger partial charge in [0, 0.05) is 16.3 Å². The topological polar surface area (TPSA) is 140 Å². The van der Waals surface area contributed by atoms with Crippen LogP contribution in [-0.4, -0.2) is 47.6 Å². The second-order valence-electron chi connectivity index (χ2n) is 7.59. The SMILES string of the molecule is COC(=O)c1c2c3c(cc(Cl)cc3n1S(=O)(=O)c1ccccc1)CCC2C(C(=O)O)C(=O)O. The molecule has 1 aliphatic rings. The molecule has 4 rings (SSSR count). The van der Waals surface area contributed by atoms with Gasteiger partial charge in [0.25, 0.3) is 10.0 Å². The Labute approximate surface area is 193 Å². The molecule has 3 aromatic rings. The number of carboxylic acid groups (broad SMARTS) is 2. The molecule has 0 fully saturated rings. The number of rotatable bonds is 6. The van der Waals surface area contributed by atoms with Crippen LogP contribution in [0.1, 0.15) is 34.0 Å². The zero-order valence-corrected chi connectivity index (χ0v) is 18.8. The number of aryl methyl sites for hydroxylation is 1. The van der Waals surface area contributed by atoms with E-state index in [1.807, 2.05) is 0 Å². The highest BCUT2D eigenvalue weighted by molar-refractivity contribution is 7.90. The van der Waals surface area contributed by atoms with E-state index in [9.17, 15) is 33.0 Å². The molecule has 1 aromatic heterocycles. The van der Waals surface area contributed by atoms with Crippen LogP contribution in [0.15, 0.2) is 47.4 Å². The average Bonchev–Trinajstić information content (AvgIpc) is 3.11. The van der Waals surface area contributed by atoms with E-state index in [0.717, 1.165) is 11.1 Å². The van der Waals surface area contributed by atoms with Gasteiger partial charge < -0.3 is 14.9 Å². The maximum Gasteiger partial charge on any atom is 0.356 e. The molecular formula is C22H18ClNO8S. The monoisotopic (exact) mass is 491 g/mol. The Morgan fingerprint density at radius 3 is 2.33 bits per heavy atom. The maximum atomic E-state index is 13.7. The Morgan fingerprint density at radius 1 is 1.12 bits per heavy atom. The predicted molar refractivity (Wildman–Crippen MR) is 117 cm³/mol. The molecule has 2 aromatic carbocycles. The molecular weight excluding hydrogens is 474 g/mol. The molecule has 0 radical (unpaired) electrons. The average molecular weight is 492 g/mol. The van der Waals surface area contributed by atoms with E-state index < -0.39 is 45.5 Å². The smallest absolute Gasteiger partial charge is 0.356 e. The van der Waals surface area contributed by atoms with Crippen molar-refractivity contribution in [1.82, 2.24) is 3.97 Å². The van der Waals surface area contributed by atoms with Crippen molar-refractivity contribution >= 4 is 50.4 Å².